The summed E-state index contributed by atoms with van der Waals surface area (Å²) < 4.78 is 2.65. The van der Waals surface area contributed by atoms with Crippen LogP contribution < -0.4 is 16.0 Å². The highest BCUT2D eigenvalue weighted by molar-refractivity contribution is 9.10. The number of nitrogens with zero attached hydrogens (tertiary/aromatic N) is 4. The first-order valence-corrected chi connectivity index (χ1v) is 10.8. The molecule has 1 saturated carbocycles. The lowest BCUT2D eigenvalue weighted by molar-refractivity contribution is -0.124. The fourth-order valence-corrected chi connectivity index (χ4v) is 3.67. The van der Waals surface area contributed by atoms with E-state index >= 15 is 0 Å². The van der Waals surface area contributed by atoms with Gasteiger partial charge in [-0.25, -0.2) is 0 Å². The standard InChI is InChI=1S/C21H20BrN7O2/c1-11(12-2-4-15(22)5-3-12)24-20-27-18-14(8-13-9-17(30)26-19(13)31)10-23-29(18)21(28-20)25-16-6-7-16/h2-5,8,10-11,16H,6-7,9H2,1H3,(H,26,30,31)(H2,24,25,27,28)/b13-8+. The van der Waals surface area contributed by atoms with E-state index in [0.717, 1.165) is 22.9 Å². The minimum atomic E-state index is -0.378. The Bertz CT molecular complexity index is 1210. The van der Waals surface area contributed by atoms with Gasteiger partial charge in [-0.3, -0.25) is 14.9 Å². The summed E-state index contributed by atoms with van der Waals surface area (Å²) in [5.74, 6) is 0.369. The fourth-order valence-electron chi connectivity index (χ4n) is 3.40. The molecule has 2 aromatic heterocycles. The molecule has 5 rings (SSSR count). The number of fused-ring (bicyclic) bond motifs is 1. The number of anilines is 2. The van der Waals surface area contributed by atoms with E-state index in [0.29, 0.717) is 34.7 Å². The Labute approximate surface area is 186 Å². The van der Waals surface area contributed by atoms with Crippen LogP contribution in [0.3, 0.4) is 0 Å². The van der Waals surface area contributed by atoms with Crippen molar-refractivity contribution in [2.45, 2.75) is 38.3 Å². The number of nitrogens with one attached hydrogen (secondary N) is 3. The van der Waals surface area contributed by atoms with Crippen molar-refractivity contribution in [3.05, 3.63) is 51.6 Å². The van der Waals surface area contributed by atoms with Crippen molar-refractivity contribution in [2.75, 3.05) is 10.6 Å². The van der Waals surface area contributed by atoms with Crippen LogP contribution in [0.1, 0.15) is 43.4 Å². The molecule has 1 aliphatic heterocycles. The molecule has 2 amide bonds. The van der Waals surface area contributed by atoms with Crippen molar-refractivity contribution in [3.8, 4) is 0 Å². The second kappa shape index (κ2) is 7.77. The van der Waals surface area contributed by atoms with Crippen LogP contribution in [-0.2, 0) is 9.59 Å². The number of halogens is 1. The zero-order valence-electron chi connectivity index (χ0n) is 16.7. The Hall–Kier alpha value is -3.27. The molecule has 0 radical (unpaired) electrons. The van der Waals surface area contributed by atoms with E-state index in [1.165, 1.54) is 0 Å². The molecule has 9 nitrogen and oxygen atoms in total. The molecule has 1 saturated heterocycles. The number of aromatic nitrogens is 4. The minimum absolute atomic E-state index is 0.0210. The average molecular weight is 482 g/mol. The zero-order valence-corrected chi connectivity index (χ0v) is 18.3. The molecule has 1 atom stereocenters. The Morgan fingerprint density at radius 2 is 2.00 bits per heavy atom. The Morgan fingerprint density at radius 3 is 2.68 bits per heavy atom. The fraction of sp³-hybridized carbons (Fsp3) is 0.286. The number of amides is 2. The Morgan fingerprint density at radius 1 is 1.23 bits per heavy atom. The number of carbonyl (C=O) groups is 2. The normalized spacial score (nSPS) is 18.5. The van der Waals surface area contributed by atoms with Gasteiger partial charge in [-0.1, -0.05) is 28.1 Å². The largest absolute Gasteiger partial charge is 0.351 e. The first kappa shape index (κ1) is 19.7. The van der Waals surface area contributed by atoms with E-state index in [2.05, 4.69) is 46.9 Å². The Balaban J connectivity index is 1.52. The summed E-state index contributed by atoms with van der Waals surface area (Å²) in [5, 5.41) is 13.5. The number of carbonyl (C=O) groups excluding carboxylic acids is 2. The van der Waals surface area contributed by atoms with Gasteiger partial charge in [0.1, 0.15) is 0 Å². The van der Waals surface area contributed by atoms with Gasteiger partial charge in [0, 0.05) is 21.7 Å². The van der Waals surface area contributed by atoms with Crippen molar-refractivity contribution in [2.24, 2.45) is 0 Å². The highest BCUT2D eigenvalue weighted by atomic mass is 79.9. The molecule has 1 unspecified atom stereocenters. The van der Waals surface area contributed by atoms with Crippen LogP contribution in [0.4, 0.5) is 11.9 Å². The first-order valence-electron chi connectivity index (χ1n) is 10.1. The van der Waals surface area contributed by atoms with Gasteiger partial charge in [0.25, 0.3) is 5.91 Å². The number of benzene rings is 1. The van der Waals surface area contributed by atoms with Crippen molar-refractivity contribution >= 4 is 51.4 Å². The van der Waals surface area contributed by atoms with Gasteiger partial charge in [-0.2, -0.15) is 19.6 Å². The van der Waals surface area contributed by atoms with Gasteiger partial charge in [0.15, 0.2) is 5.65 Å². The van der Waals surface area contributed by atoms with E-state index < -0.39 is 0 Å². The second-order valence-corrected chi connectivity index (χ2v) is 8.68. The third-order valence-electron chi connectivity index (χ3n) is 5.25. The molecular formula is C21H20BrN7O2. The van der Waals surface area contributed by atoms with E-state index in [9.17, 15) is 9.59 Å². The lowest BCUT2D eigenvalue weighted by Gasteiger charge is -2.16. The maximum Gasteiger partial charge on any atom is 0.254 e. The molecule has 2 aliphatic rings. The van der Waals surface area contributed by atoms with Gasteiger partial charge in [0.05, 0.1) is 18.7 Å². The van der Waals surface area contributed by atoms with E-state index in [1.54, 1.807) is 16.8 Å². The van der Waals surface area contributed by atoms with Crippen molar-refractivity contribution < 1.29 is 9.59 Å². The van der Waals surface area contributed by atoms with E-state index in [4.69, 9.17) is 0 Å². The van der Waals surface area contributed by atoms with Crippen LogP contribution in [0.15, 0.2) is 40.5 Å². The highest BCUT2D eigenvalue weighted by Crippen LogP contribution is 2.27. The van der Waals surface area contributed by atoms with Crippen LogP contribution in [-0.4, -0.2) is 37.4 Å². The highest BCUT2D eigenvalue weighted by Gasteiger charge is 2.26. The topological polar surface area (TPSA) is 113 Å². The number of hydrogen-bond acceptors (Lipinski definition) is 7. The summed E-state index contributed by atoms with van der Waals surface area (Å²) >= 11 is 3.46. The third kappa shape index (κ3) is 4.15. The van der Waals surface area contributed by atoms with Gasteiger partial charge < -0.3 is 10.6 Å². The molecule has 31 heavy (non-hydrogen) atoms. The molecular weight excluding hydrogens is 462 g/mol. The van der Waals surface area contributed by atoms with Crippen molar-refractivity contribution in [1.82, 2.24) is 24.9 Å². The van der Waals surface area contributed by atoms with Gasteiger partial charge in [0.2, 0.25) is 17.8 Å². The predicted molar refractivity (Wildman–Crippen MR) is 119 cm³/mol. The maximum absolute atomic E-state index is 12.0. The number of rotatable bonds is 6. The molecule has 3 aromatic rings. The van der Waals surface area contributed by atoms with Crippen molar-refractivity contribution in [3.63, 3.8) is 0 Å². The molecule has 10 heteroatoms. The van der Waals surface area contributed by atoms with E-state index in [-0.39, 0.29) is 24.3 Å². The van der Waals surface area contributed by atoms with Gasteiger partial charge >= 0.3 is 0 Å². The average Bonchev–Trinajstić information content (AvgIpc) is 3.37. The summed E-state index contributed by atoms with van der Waals surface area (Å²) in [6.07, 6.45) is 5.53. The number of hydrogen-bond donors (Lipinski definition) is 3. The molecule has 0 spiro atoms. The molecule has 158 valence electrons. The van der Waals surface area contributed by atoms with Crippen LogP contribution in [0, 0.1) is 0 Å². The van der Waals surface area contributed by atoms with Crippen LogP contribution in [0.2, 0.25) is 0 Å². The second-order valence-electron chi connectivity index (χ2n) is 7.77. The first-order chi connectivity index (χ1) is 15.0. The Kier molecular flexibility index (Phi) is 4.93. The molecule has 1 aromatic carbocycles. The smallest absolute Gasteiger partial charge is 0.254 e. The summed E-state index contributed by atoms with van der Waals surface area (Å²) in [5.41, 5.74) is 2.71. The lowest BCUT2D eigenvalue weighted by Crippen LogP contribution is -2.19. The summed E-state index contributed by atoms with van der Waals surface area (Å²) in [4.78, 5) is 32.8. The summed E-state index contributed by atoms with van der Waals surface area (Å²) in [6, 6.07) is 8.41. The van der Waals surface area contributed by atoms with Crippen molar-refractivity contribution in [1.29, 1.82) is 0 Å². The molecule has 2 fully saturated rings. The molecule has 3 heterocycles. The summed E-state index contributed by atoms with van der Waals surface area (Å²) in [7, 11) is 0. The number of imide groups is 1. The predicted octanol–water partition coefficient (Wildman–Crippen LogP) is 3.06. The molecule has 1 aliphatic carbocycles. The lowest BCUT2D eigenvalue weighted by atomic mass is 10.1. The minimum Gasteiger partial charge on any atom is -0.351 e. The monoisotopic (exact) mass is 481 g/mol. The third-order valence-corrected chi connectivity index (χ3v) is 5.78. The van der Waals surface area contributed by atoms with E-state index in [1.807, 2.05) is 31.2 Å². The van der Waals surface area contributed by atoms with Crippen LogP contribution in [0.5, 0.6) is 0 Å². The zero-order chi connectivity index (χ0) is 21.5. The molecule has 3 N–H and O–H groups in total. The maximum atomic E-state index is 12.0. The molecule has 0 bridgehead atoms. The van der Waals surface area contributed by atoms with Crippen LogP contribution in [0.25, 0.3) is 11.7 Å². The SMILES string of the molecule is CC(Nc1nc(NC2CC2)n2ncc(/C=C3\CC(=O)NC3=O)c2n1)c1ccc(Br)cc1. The van der Waals surface area contributed by atoms with Gasteiger partial charge in [-0.15, -0.1) is 0 Å². The van der Waals surface area contributed by atoms with Gasteiger partial charge in [-0.05, 0) is 43.5 Å². The van der Waals surface area contributed by atoms with Crippen LogP contribution >= 0.6 is 15.9 Å². The summed E-state index contributed by atoms with van der Waals surface area (Å²) in [6.45, 7) is 2.04. The quantitative estimate of drug-likeness (QED) is 0.366.